The van der Waals surface area contributed by atoms with E-state index in [9.17, 15) is 0 Å². The molecule has 0 fully saturated rings. The first-order valence-electron chi connectivity index (χ1n) is 5.22. The molecule has 0 atom stereocenters. The molecule has 1 heterocycles. The summed E-state index contributed by atoms with van der Waals surface area (Å²) >= 11 is 6.11. The van der Waals surface area contributed by atoms with Crippen molar-refractivity contribution < 1.29 is 4.74 Å². The number of H-pyrrole nitrogens is 1. The molecule has 16 heavy (non-hydrogen) atoms. The van der Waals surface area contributed by atoms with Crippen molar-refractivity contribution in [3.8, 4) is 5.75 Å². The van der Waals surface area contributed by atoms with Gasteiger partial charge in [0.15, 0.2) is 0 Å². The number of rotatable bonds is 3. The highest BCUT2D eigenvalue weighted by Gasteiger charge is 2.11. The van der Waals surface area contributed by atoms with Gasteiger partial charge in [-0.15, -0.1) is 0 Å². The second-order valence-electron chi connectivity index (χ2n) is 3.80. The molecule has 0 aliphatic heterocycles. The van der Waals surface area contributed by atoms with Gasteiger partial charge in [-0.1, -0.05) is 11.6 Å². The van der Waals surface area contributed by atoms with Crippen LogP contribution in [0, 0.1) is 6.92 Å². The van der Waals surface area contributed by atoms with Gasteiger partial charge in [-0.3, -0.25) is 0 Å². The van der Waals surface area contributed by atoms with E-state index in [1.165, 1.54) is 5.56 Å². The normalized spacial score (nSPS) is 11.0. The van der Waals surface area contributed by atoms with Crippen LogP contribution in [-0.4, -0.2) is 18.6 Å². The maximum Gasteiger partial charge on any atom is 0.139 e. The number of nitrogens with one attached hydrogen (secondary N) is 1. The number of aromatic amines is 1. The summed E-state index contributed by atoms with van der Waals surface area (Å²) in [5.41, 5.74) is 9.03. The Hall–Kier alpha value is -1.19. The quantitative estimate of drug-likeness (QED) is 0.864. The number of fused-ring (bicyclic) bond motifs is 1. The summed E-state index contributed by atoms with van der Waals surface area (Å²) in [6.45, 7) is 2.68. The van der Waals surface area contributed by atoms with E-state index in [0.29, 0.717) is 17.3 Å². The number of halogens is 1. The number of benzene rings is 1. The lowest BCUT2D eigenvalue weighted by Crippen LogP contribution is -2.03. The molecule has 2 rings (SSSR count). The highest BCUT2D eigenvalue weighted by Crippen LogP contribution is 2.32. The fourth-order valence-corrected chi connectivity index (χ4v) is 2.25. The second kappa shape index (κ2) is 4.36. The van der Waals surface area contributed by atoms with Gasteiger partial charge >= 0.3 is 0 Å². The summed E-state index contributed by atoms with van der Waals surface area (Å²) in [5.74, 6) is 0.690. The Morgan fingerprint density at radius 2 is 2.19 bits per heavy atom. The van der Waals surface area contributed by atoms with Gasteiger partial charge in [0, 0.05) is 22.7 Å². The van der Waals surface area contributed by atoms with Crippen molar-refractivity contribution in [2.45, 2.75) is 13.3 Å². The van der Waals surface area contributed by atoms with Crippen molar-refractivity contribution in [2.75, 3.05) is 13.7 Å². The lowest BCUT2D eigenvalue weighted by molar-refractivity contribution is 0.415. The minimum atomic E-state index is 0.632. The molecule has 1 aromatic heterocycles. The predicted octanol–water partition coefficient (Wildman–Crippen LogP) is 2.64. The number of aryl methyl sites for hydroxylation is 1. The summed E-state index contributed by atoms with van der Waals surface area (Å²) < 4.78 is 5.19. The van der Waals surface area contributed by atoms with Crippen molar-refractivity contribution in [2.24, 2.45) is 5.73 Å². The third-order valence-corrected chi connectivity index (χ3v) is 3.08. The third kappa shape index (κ3) is 1.77. The highest BCUT2D eigenvalue weighted by atomic mass is 35.5. The van der Waals surface area contributed by atoms with E-state index in [0.717, 1.165) is 23.0 Å². The molecule has 4 heteroatoms. The van der Waals surface area contributed by atoms with E-state index in [1.807, 2.05) is 19.1 Å². The lowest BCUT2D eigenvalue weighted by atomic mass is 10.1. The fourth-order valence-electron chi connectivity index (χ4n) is 2.01. The maximum absolute atomic E-state index is 6.11. The van der Waals surface area contributed by atoms with Crippen LogP contribution in [0.25, 0.3) is 10.9 Å². The molecule has 3 N–H and O–H groups in total. The number of nitrogens with two attached hydrogens (primary N) is 1. The Labute approximate surface area is 99.5 Å². The molecule has 0 bridgehead atoms. The van der Waals surface area contributed by atoms with Gasteiger partial charge in [0.05, 0.1) is 12.1 Å². The van der Waals surface area contributed by atoms with Crippen LogP contribution in [0.4, 0.5) is 0 Å². The van der Waals surface area contributed by atoms with Crippen LogP contribution < -0.4 is 10.5 Å². The Morgan fingerprint density at radius 3 is 2.81 bits per heavy atom. The van der Waals surface area contributed by atoms with Gasteiger partial charge in [-0.05, 0) is 31.5 Å². The van der Waals surface area contributed by atoms with E-state index in [4.69, 9.17) is 22.1 Å². The molecule has 3 nitrogen and oxygen atoms in total. The van der Waals surface area contributed by atoms with Gasteiger partial charge < -0.3 is 15.5 Å². The number of hydrogen-bond acceptors (Lipinski definition) is 2. The van der Waals surface area contributed by atoms with Crippen LogP contribution in [0.5, 0.6) is 5.75 Å². The first-order chi connectivity index (χ1) is 7.67. The standard InChI is InChI=1S/C12H15ClN2O/c1-7-8(3-4-14)9-5-10(13)12(16-2)6-11(9)15-7/h5-6,15H,3-4,14H2,1-2H3. The van der Waals surface area contributed by atoms with Crippen LogP contribution in [0.15, 0.2) is 12.1 Å². The molecule has 0 saturated heterocycles. The molecule has 1 aromatic carbocycles. The second-order valence-corrected chi connectivity index (χ2v) is 4.21. The Kier molecular flexibility index (Phi) is 3.08. The highest BCUT2D eigenvalue weighted by molar-refractivity contribution is 6.32. The molecule has 0 spiro atoms. The van der Waals surface area contributed by atoms with E-state index in [2.05, 4.69) is 4.98 Å². The molecule has 2 aromatic rings. The summed E-state index contributed by atoms with van der Waals surface area (Å²) in [6, 6.07) is 3.86. The first kappa shape index (κ1) is 11.3. The van der Waals surface area contributed by atoms with Crippen LogP contribution in [0.1, 0.15) is 11.3 Å². The zero-order valence-corrected chi connectivity index (χ0v) is 10.2. The fraction of sp³-hybridized carbons (Fsp3) is 0.333. The van der Waals surface area contributed by atoms with Crippen molar-refractivity contribution in [1.29, 1.82) is 0 Å². The summed E-state index contributed by atoms with van der Waals surface area (Å²) in [7, 11) is 1.61. The molecule has 0 saturated carbocycles. The zero-order valence-electron chi connectivity index (χ0n) is 9.43. The van der Waals surface area contributed by atoms with E-state index >= 15 is 0 Å². The minimum Gasteiger partial charge on any atom is -0.495 e. The van der Waals surface area contributed by atoms with Gasteiger partial charge in [-0.2, -0.15) is 0 Å². The minimum absolute atomic E-state index is 0.632. The maximum atomic E-state index is 6.11. The molecular weight excluding hydrogens is 224 g/mol. The number of ether oxygens (including phenoxy) is 1. The Bertz CT molecular complexity index is 519. The summed E-state index contributed by atoms with van der Waals surface area (Å²) in [6.07, 6.45) is 0.856. The molecule has 0 aliphatic rings. The van der Waals surface area contributed by atoms with Crippen LogP contribution in [-0.2, 0) is 6.42 Å². The van der Waals surface area contributed by atoms with Crippen molar-refractivity contribution in [3.63, 3.8) is 0 Å². The van der Waals surface area contributed by atoms with E-state index < -0.39 is 0 Å². The SMILES string of the molecule is COc1cc2[nH]c(C)c(CCN)c2cc1Cl. The van der Waals surface area contributed by atoms with Gasteiger partial charge in [0.1, 0.15) is 5.75 Å². The van der Waals surface area contributed by atoms with Crippen molar-refractivity contribution >= 4 is 22.5 Å². The summed E-state index contributed by atoms with van der Waals surface area (Å²) in [5, 5.41) is 1.76. The van der Waals surface area contributed by atoms with Crippen LogP contribution in [0.3, 0.4) is 0 Å². The summed E-state index contributed by atoms with van der Waals surface area (Å²) in [4.78, 5) is 3.32. The van der Waals surface area contributed by atoms with Gasteiger partial charge in [-0.25, -0.2) is 0 Å². The van der Waals surface area contributed by atoms with Crippen LogP contribution >= 0.6 is 11.6 Å². The Balaban J connectivity index is 2.66. The zero-order chi connectivity index (χ0) is 11.7. The van der Waals surface area contributed by atoms with Crippen LogP contribution in [0.2, 0.25) is 5.02 Å². The van der Waals surface area contributed by atoms with Crippen molar-refractivity contribution in [3.05, 3.63) is 28.4 Å². The molecule has 0 amide bonds. The average Bonchev–Trinajstić information content (AvgIpc) is 2.55. The predicted molar refractivity (Wildman–Crippen MR) is 67.4 cm³/mol. The smallest absolute Gasteiger partial charge is 0.139 e. The number of hydrogen-bond donors (Lipinski definition) is 2. The largest absolute Gasteiger partial charge is 0.495 e. The van der Waals surface area contributed by atoms with Crippen molar-refractivity contribution in [1.82, 2.24) is 4.98 Å². The third-order valence-electron chi connectivity index (χ3n) is 2.79. The Morgan fingerprint density at radius 1 is 1.44 bits per heavy atom. The average molecular weight is 239 g/mol. The molecular formula is C12H15ClN2O. The molecule has 0 aliphatic carbocycles. The van der Waals surface area contributed by atoms with Gasteiger partial charge in [0.2, 0.25) is 0 Å². The molecule has 86 valence electrons. The number of methoxy groups -OCH3 is 1. The number of aromatic nitrogens is 1. The van der Waals surface area contributed by atoms with Gasteiger partial charge in [0.25, 0.3) is 0 Å². The van der Waals surface area contributed by atoms with E-state index in [1.54, 1.807) is 7.11 Å². The van der Waals surface area contributed by atoms with E-state index in [-0.39, 0.29) is 0 Å². The molecule has 0 radical (unpaired) electrons. The molecule has 0 unspecified atom stereocenters. The first-order valence-corrected chi connectivity index (χ1v) is 5.60. The topological polar surface area (TPSA) is 51.0 Å². The monoisotopic (exact) mass is 238 g/mol. The lowest BCUT2D eigenvalue weighted by Gasteiger charge is -2.03.